The summed E-state index contributed by atoms with van der Waals surface area (Å²) in [5, 5.41) is 0. The van der Waals surface area contributed by atoms with Crippen LogP contribution in [0.4, 0.5) is 0 Å². The van der Waals surface area contributed by atoms with E-state index in [2.05, 4.69) is 29.0 Å². The van der Waals surface area contributed by atoms with Crippen LogP contribution in [0.25, 0.3) is 0 Å². The molecule has 2 heterocycles. The van der Waals surface area contributed by atoms with Gasteiger partial charge in [-0.1, -0.05) is 51.7 Å². The molecule has 2 aliphatic heterocycles. The molecule has 33 heavy (non-hydrogen) atoms. The first-order valence-corrected chi connectivity index (χ1v) is 18.9. The van der Waals surface area contributed by atoms with E-state index in [1.165, 1.54) is 77.0 Å². The molecule has 192 valence electrons. The number of methoxy groups -OCH3 is 2. The van der Waals surface area contributed by atoms with E-state index in [1.54, 1.807) is 0 Å². The maximum atomic E-state index is 7.72. The van der Waals surface area contributed by atoms with Gasteiger partial charge in [0.1, 0.15) is 7.44 Å². The van der Waals surface area contributed by atoms with E-state index in [1.807, 2.05) is 14.2 Å². The fraction of sp³-hybridized carbons (Fsp3) is 1.00. The average Bonchev–Trinajstić information content (AvgIpc) is 3.56. The van der Waals surface area contributed by atoms with Gasteiger partial charge in [0.25, 0.3) is 0 Å². The SMILES string of the molecule is C1CCCC1.[B][P+](C1CCCC1[Si](C)(C)C)(N1CCC[C@H]1COC)N1CCC[C@H]1COC.[Fe]. The molecule has 2 saturated carbocycles. The van der Waals surface area contributed by atoms with Crippen LogP contribution in [0.5, 0.6) is 0 Å². The zero-order valence-corrected chi connectivity index (χ0v) is 25.2. The van der Waals surface area contributed by atoms with E-state index >= 15 is 0 Å². The number of hydrogen-bond acceptors (Lipinski definition) is 4. The average molecular weight is 537 g/mol. The first kappa shape index (κ1) is 30.3. The number of rotatable bonds is 8. The number of ether oxygens (including phenoxy) is 2. The van der Waals surface area contributed by atoms with E-state index in [0.29, 0.717) is 17.7 Å². The largest absolute Gasteiger partial charge is 0.409 e. The van der Waals surface area contributed by atoms with Crippen molar-refractivity contribution in [1.29, 1.82) is 0 Å². The monoisotopic (exact) mass is 537 g/mol. The van der Waals surface area contributed by atoms with Crippen LogP contribution in [0.2, 0.25) is 25.2 Å². The zero-order chi connectivity index (χ0) is 23.2. The van der Waals surface area contributed by atoms with Crippen LogP contribution in [0.1, 0.15) is 77.0 Å². The molecule has 2 radical (unpaired) electrons. The zero-order valence-electron chi connectivity index (χ0n) is 22.2. The van der Waals surface area contributed by atoms with Gasteiger partial charge in [0, 0.05) is 44.4 Å². The van der Waals surface area contributed by atoms with Gasteiger partial charge in [0.15, 0.2) is 0 Å². The van der Waals surface area contributed by atoms with E-state index in [-0.39, 0.29) is 17.1 Å². The quantitative estimate of drug-likeness (QED) is 0.266. The van der Waals surface area contributed by atoms with Crippen molar-refractivity contribution in [2.75, 3.05) is 40.5 Å². The summed E-state index contributed by atoms with van der Waals surface area (Å²) >= 11 is 0. The molecule has 4 fully saturated rings. The van der Waals surface area contributed by atoms with Crippen LogP contribution >= 0.6 is 7.44 Å². The Labute approximate surface area is 219 Å². The van der Waals surface area contributed by atoms with Crippen LogP contribution in [-0.2, 0) is 26.5 Å². The van der Waals surface area contributed by atoms with Crippen LogP contribution in [0.15, 0.2) is 0 Å². The summed E-state index contributed by atoms with van der Waals surface area (Å²) in [5.41, 5.74) is 1.53. The molecule has 4 atom stereocenters. The minimum absolute atomic E-state index is 0. The van der Waals surface area contributed by atoms with Gasteiger partial charge in [0.05, 0.1) is 39.0 Å². The normalized spacial score (nSPS) is 31.4. The molecular weight excluding hydrogens is 486 g/mol. The van der Waals surface area contributed by atoms with Gasteiger partial charge in [-0.05, 0) is 50.5 Å². The molecule has 2 saturated heterocycles. The Hall–Kier alpha value is 1.07. The van der Waals surface area contributed by atoms with Gasteiger partial charge in [-0.15, -0.1) is 0 Å². The minimum atomic E-state index is -1.90. The Morgan fingerprint density at radius 2 is 1.18 bits per heavy atom. The standard InChI is InChI=1S/C20H41BN2O2PSi.C5H10.Fe/c1-24-15-17-9-7-13-22(17)26(21,23-14-8-10-18(23)16-25-2)19-11-6-12-20(19)27(3,4)5;1-2-4-5-3-1;/h17-20H,6-16H2,1-5H3;1-5H2;/q+1;;/t17-,18-,19?,20?;;/m0../s1. The molecule has 4 rings (SSSR count). The van der Waals surface area contributed by atoms with Crippen molar-refractivity contribution < 1.29 is 26.5 Å². The van der Waals surface area contributed by atoms with Gasteiger partial charge in [-0.2, -0.15) is 9.34 Å². The van der Waals surface area contributed by atoms with Crippen molar-refractivity contribution in [3.8, 4) is 0 Å². The van der Waals surface area contributed by atoms with E-state index in [0.717, 1.165) is 31.8 Å². The molecule has 8 heteroatoms. The maximum Gasteiger partial charge on any atom is 0.409 e. The second-order valence-electron chi connectivity index (χ2n) is 11.8. The molecule has 0 spiro atoms. The summed E-state index contributed by atoms with van der Waals surface area (Å²) in [7, 11) is 8.26. The fourth-order valence-corrected chi connectivity index (χ4v) is 16.0. The Morgan fingerprint density at radius 3 is 1.58 bits per heavy atom. The molecule has 0 aromatic carbocycles. The van der Waals surface area contributed by atoms with Crippen molar-refractivity contribution in [2.24, 2.45) is 0 Å². The van der Waals surface area contributed by atoms with Gasteiger partial charge in [0.2, 0.25) is 0 Å². The predicted molar refractivity (Wildman–Crippen MR) is 144 cm³/mol. The fourth-order valence-electron chi connectivity index (χ4n) is 7.03. The number of hydrogen-bond donors (Lipinski definition) is 0. The summed E-state index contributed by atoms with van der Waals surface area (Å²) in [6.07, 6.45) is 16.6. The third-order valence-electron chi connectivity index (χ3n) is 8.56. The van der Waals surface area contributed by atoms with Crippen LogP contribution < -0.4 is 0 Å². The molecule has 0 aromatic heterocycles. The van der Waals surface area contributed by atoms with Crippen LogP contribution in [-0.4, -0.2) is 83.2 Å². The second-order valence-corrected chi connectivity index (χ2v) is 20.3. The molecule has 0 N–H and O–H groups in total. The smallest absolute Gasteiger partial charge is 0.383 e. The Kier molecular flexibility index (Phi) is 13.0. The first-order valence-electron chi connectivity index (χ1n) is 13.5. The van der Waals surface area contributed by atoms with Crippen molar-refractivity contribution in [3.63, 3.8) is 0 Å². The van der Waals surface area contributed by atoms with E-state index < -0.39 is 15.5 Å². The van der Waals surface area contributed by atoms with Gasteiger partial charge < -0.3 is 9.47 Å². The summed E-state index contributed by atoms with van der Waals surface area (Å²) in [6.45, 7) is 11.7. The molecular formula is C25H51BFeN2O2PSi+. The van der Waals surface area contributed by atoms with Crippen LogP contribution in [0.3, 0.4) is 0 Å². The van der Waals surface area contributed by atoms with Crippen molar-refractivity contribution >= 4 is 23.1 Å². The van der Waals surface area contributed by atoms with E-state index in [4.69, 9.17) is 17.0 Å². The third-order valence-corrected chi connectivity index (χ3v) is 16.1. The Balaban J connectivity index is 0.000000568. The van der Waals surface area contributed by atoms with Gasteiger partial charge >= 0.3 is 7.57 Å². The first-order chi connectivity index (χ1) is 15.3. The predicted octanol–water partition coefficient (Wildman–Crippen LogP) is 6.35. The topological polar surface area (TPSA) is 24.9 Å². The maximum absolute atomic E-state index is 7.72. The molecule has 2 aliphatic carbocycles. The molecule has 2 unspecified atom stereocenters. The third kappa shape index (κ3) is 7.31. The Bertz CT molecular complexity index is 535. The van der Waals surface area contributed by atoms with Gasteiger partial charge in [-0.25, -0.2) is 0 Å². The van der Waals surface area contributed by atoms with Crippen LogP contribution in [0, 0.1) is 0 Å². The van der Waals surface area contributed by atoms with Crippen molar-refractivity contribution in [3.05, 3.63) is 0 Å². The molecule has 4 aliphatic rings. The molecule has 0 aromatic rings. The van der Waals surface area contributed by atoms with Gasteiger partial charge in [-0.3, -0.25) is 0 Å². The number of nitrogens with zero attached hydrogens (tertiary/aromatic N) is 2. The summed E-state index contributed by atoms with van der Waals surface area (Å²) < 4.78 is 16.8. The molecule has 0 bridgehead atoms. The molecule has 0 amide bonds. The minimum Gasteiger partial charge on any atom is -0.383 e. The summed E-state index contributed by atoms with van der Waals surface area (Å²) in [5.74, 6) is 0. The summed E-state index contributed by atoms with van der Waals surface area (Å²) in [6, 6.07) is 1.00. The second kappa shape index (κ2) is 14.1. The van der Waals surface area contributed by atoms with E-state index in [9.17, 15) is 0 Å². The van der Waals surface area contributed by atoms with Crippen molar-refractivity contribution in [2.45, 2.75) is 120 Å². The Morgan fingerprint density at radius 1 is 0.727 bits per heavy atom. The molecule has 4 nitrogen and oxygen atoms in total. The van der Waals surface area contributed by atoms with Crippen molar-refractivity contribution in [1.82, 2.24) is 9.34 Å². The summed E-state index contributed by atoms with van der Waals surface area (Å²) in [4.78, 5) is 0.